The van der Waals surface area contributed by atoms with Crippen molar-refractivity contribution in [2.24, 2.45) is 5.73 Å². The molecule has 3 N–H and O–H groups in total. The van der Waals surface area contributed by atoms with E-state index in [-0.39, 0.29) is 29.2 Å². The molecule has 6 rings (SSSR count). The molecule has 1 saturated carbocycles. The maximum atomic E-state index is 13.2. The van der Waals surface area contributed by atoms with Crippen LogP contribution in [0.2, 0.25) is 0 Å². The summed E-state index contributed by atoms with van der Waals surface area (Å²) in [5.41, 5.74) is 7.79. The standard InChI is InChI=1S/C32H37N7O5/c33-30(42)23-9-11-28(34-19-23)38-16-14-37(15-17-38)26-10-8-22(27(40)4-1-2-12-39-13-3-5-29(39)41)18-24(26)35-31(43)25-20-44-32(36-25)21-6-7-21/h8-11,18-21H,1-7,12-17H2,(H2,33,42)(H,35,43). The zero-order valence-corrected chi connectivity index (χ0v) is 24.7. The van der Waals surface area contributed by atoms with Gasteiger partial charge in [0.15, 0.2) is 17.4 Å². The van der Waals surface area contributed by atoms with Gasteiger partial charge in [0.05, 0.1) is 16.9 Å². The Morgan fingerprint density at radius 1 is 0.977 bits per heavy atom. The molecule has 3 aliphatic rings. The molecule has 0 atom stereocenters. The van der Waals surface area contributed by atoms with Crippen molar-refractivity contribution in [3.63, 3.8) is 0 Å². The number of Topliss-reactive ketones (excluding diaryl/α,β-unsaturated/α-hetero) is 1. The second kappa shape index (κ2) is 12.9. The van der Waals surface area contributed by atoms with Gasteiger partial charge in [-0.2, -0.15) is 0 Å². The number of aromatic nitrogens is 2. The van der Waals surface area contributed by atoms with Crippen LogP contribution in [-0.4, -0.2) is 77.6 Å². The first-order valence-corrected chi connectivity index (χ1v) is 15.3. The van der Waals surface area contributed by atoms with Crippen LogP contribution >= 0.6 is 0 Å². The number of benzene rings is 1. The third-order valence-corrected chi connectivity index (χ3v) is 8.48. The van der Waals surface area contributed by atoms with Crippen molar-refractivity contribution >= 4 is 40.7 Å². The lowest BCUT2D eigenvalue weighted by atomic mass is 10.0. The maximum Gasteiger partial charge on any atom is 0.277 e. The van der Waals surface area contributed by atoms with Gasteiger partial charge >= 0.3 is 0 Å². The van der Waals surface area contributed by atoms with Crippen LogP contribution in [0.1, 0.15) is 88.0 Å². The van der Waals surface area contributed by atoms with Crippen LogP contribution < -0.4 is 20.9 Å². The number of unbranched alkanes of at least 4 members (excludes halogenated alkanes) is 1. The number of piperazine rings is 1. The molecule has 3 fully saturated rings. The summed E-state index contributed by atoms with van der Waals surface area (Å²) in [7, 11) is 0. The lowest BCUT2D eigenvalue weighted by molar-refractivity contribution is -0.127. The third-order valence-electron chi connectivity index (χ3n) is 8.48. The van der Waals surface area contributed by atoms with E-state index in [0.717, 1.165) is 43.7 Å². The molecule has 12 nitrogen and oxygen atoms in total. The molecular weight excluding hydrogens is 562 g/mol. The average Bonchev–Trinajstić information content (AvgIpc) is 3.62. The molecule has 0 bridgehead atoms. The van der Waals surface area contributed by atoms with Gasteiger partial charge in [0.25, 0.3) is 5.91 Å². The van der Waals surface area contributed by atoms with Crippen LogP contribution in [0.4, 0.5) is 17.2 Å². The van der Waals surface area contributed by atoms with Gasteiger partial charge in [0, 0.05) is 69.8 Å². The molecule has 0 unspecified atom stereocenters. The van der Waals surface area contributed by atoms with Crippen molar-refractivity contribution in [2.45, 2.75) is 50.9 Å². The van der Waals surface area contributed by atoms with Crippen molar-refractivity contribution in [3.8, 4) is 0 Å². The Balaban J connectivity index is 1.14. The first-order valence-electron chi connectivity index (χ1n) is 15.3. The SMILES string of the molecule is NC(=O)c1ccc(N2CCN(c3ccc(C(=O)CCCCN4CCCC4=O)cc3NC(=O)c3coc(C4CC4)n3)CC2)nc1. The van der Waals surface area contributed by atoms with Crippen molar-refractivity contribution in [1.29, 1.82) is 0 Å². The van der Waals surface area contributed by atoms with Crippen molar-refractivity contribution in [1.82, 2.24) is 14.9 Å². The molecule has 44 heavy (non-hydrogen) atoms. The highest BCUT2D eigenvalue weighted by atomic mass is 16.3. The molecule has 12 heteroatoms. The Morgan fingerprint density at radius 2 is 1.75 bits per heavy atom. The summed E-state index contributed by atoms with van der Waals surface area (Å²) in [5.74, 6) is 0.917. The Hall–Kier alpha value is -4.74. The molecule has 2 aliphatic heterocycles. The normalized spacial score (nSPS) is 16.8. The fourth-order valence-corrected chi connectivity index (χ4v) is 5.75. The summed E-state index contributed by atoms with van der Waals surface area (Å²) in [5, 5.41) is 2.99. The largest absolute Gasteiger partial charge is 0.448 e. The first kappa shape index (κ1) is 29.3. The number of amides is 3. The molecule has 2 saturated heterocycles. The predicted octanol–water partition coefficient (Wildman–Crippen LogP) is 3.60. The van der Waals surface area contributed by atoms with Gasteiger partial charge in [-0.1, -0.05) is 0 Å². The van der Waals surface area contributed by atoms with Crippen LogP contribution in [-0.2, 0) is 4.79 Å². The molecule has 3 amide bonds. The van der Waals surface area contributed by atoms with Crippen LogP contribution in [0.15, 0.2) is 47.2 Å². The minimum Gasteiger partial charge on any atom is -0.448 e. The number of anilines is 3. The monoisotopic (exact) mass is 599 g/mol. The highest BCUT2D eigenvalue weighted by Crippen LogP contribution is 2.39. The molecule has 3 aromatic rings. The van der Waals surface area contributed by atoms with Gasteiger partial charge in [-0.15, -0.1) is 0 Å². The van der Waals surface area contributed by atoms with Crippen LogP contribution in [0.25, 0.3) is 0 Å². The second-order valence-corrected chi connectivity index (χ2v) is 11.6. The lowest BCUT2D eigenvalue weighted by Gasteiger charge is -2.37. The smallest absolute Gasteiger partial charge is 0.277 e. The van der Waals surface area contributed by atoms with Crippen LogP contribution in [0.3, 0.4) is 0 Å². The van der Waals surface area contributed by atoms with Gasteiger partial charge in [0.1, 0.15) is 12.1 Å². The van der Waals surface area contributed by atoms with E-state index in [4.69, 9.17) is 10.2 Å². The zero-order valence-electron chi connectivity index (χ0n) is 24.7. The first-order chi connectivity index (χ1) is 21.4. The van der Waals surface area contributed by atoms with E-state index in [2.05, 4.69) is 25.1 Å². The third kappa shape index (κ3) is 6.74. The molecular formula is C32H37N7O5. The molecule has 1 aliphatic carbocycles. The topological polar surface area (TPSA) is 155 Å². The number of oxazole rings is 1. The molecule has 4 heterocycles. The number of carbonyl (C=O) groups is 4. The Kier molecular flexibility index (Phi) is 8.58. The quantitative estimate of drug-likeness (QED) is 0.235. The highest BCUT2D eigenvalue weighted by Gasteiger charge is 2.30. The maximum absolute atomic E-state index is 13.2. The van der Waals surface area contributed by atoms with Gasteiger partial charge in [-0.25, -0.2) is 9.97 Å². The molecule has 0 spiro atoms. The van der Waals surface area contributed by atoms with E-state index in [1.165, 1.54) is 12.5 Å². The molecule has 230 valence electrons. The number of hydrogen-bond acceptors (Lipinski definition) is 9. The second-order valence-electron chi connectivity index (χ2n) is 11.6. The van der Waals surface area contributed by atoms with Gasteiger partial charge in [-0.3, -0.25) is 19.2 Å². The fourth-order valence-electron chi connectivity index (χ4n) is 5.75. The summed E-state index contributed by atoms with van der Waals surface area (Å²) in [6, 6.07) is 8.91. The summed E-state index contributed by atoms with van der Waals surface area (Å²) >= 11 is 0. The minimum absolute atomic E-state index is 0.00689. The van der Waals surface area contributed by atoms with Gasteiger partial charge < -0.3 is 30.2 Å². The number of hydrogen-bond donors (Lipinski definition) is 2. The molecule has 0 radical (unpaired) electrons. The number of ketones is 1. The van der Waals surface area contributed by atoms with E-state index in [1.54, 1.807) is 18.2 Å². The molecule has 1 aromatic carbocycles. The highest BCUT2D eigenvalue weighted by molar-refractivity contribution is 6.06. The number of nitrogens with one attached hydrogen (secondary N) is 1. The number of likely N-dealkylation sites (tertiary alicyclic amines) is 1. The van der Waals surface area contributed by atoms with E-state index in [9.17, 15) is 19.2 Å². The summed E-state index contributed by atoms with van der Waals surface area (Å²) in [6.45, 7) is 4.14. The minimum atomic E-state index is -0.515. The summed E-state index contributed by atoms with van der Waals surface area (Å²) < 4.78 is 5.53. The van der Waals surface area contributed by atoms with Crippen molar-refractivity contribution in [2.75, 3.05) is 54.4 Å². The summed E-state index contributed by atoms with van der Waals surface area (Å²) in [6.07, 6.45) is 8.25. The predicted molar refractivity (Wildman–Crippen MR) is 164 cm³/mol. The summed E-state index contributed by atoms with van der Waals surface area (Å²) in [4.78, 5) is 64.6. The number of carbonyl (C=O) groups excluding carboxylic acids is 4. The Labute approximate surface area is 255 Å². The number of nitrogens with two attached hydrogens (primary N) is 1. The van der Waals surface area contributed by atoms with Crippen molar-refractivity contribution < 1.29 is 23.6 Å². The number of rotatable bonds is 12. The van der Waals surface area contributed by atoms with E-state index in [0.29, 0.717) is 74.7 Å². The van der Waals surface area contributed by atoms with Crippen molar-refractivity contribution in [3.05, 3.63) is 65.5 Å². The lowest BCUT2D eigenvalue weighted by Crippen LogP contribution is -2.47. The van der Waals surface area contributed by atoms with Crippen LogP contribution in [0.5, 0.6) is 0 Å². The fraction of sp³-hybridized carbons (Fsp3) is 0.438. The zero-order chi connectivity index (χ0) is 30.6. The Morgan fingerprint density at radius 3 is 2.43 bits per heavy atom. The van der Waals surface area contributed by atoms with Gasteiger partial charge in [-0.05, 0) is 62.4 Å². The average molecular weight is 600 g/mol. The number of pyridine rings is 1. The van der Waals surface area contributed by atoms with E-state index in [1.807, 2.05) is 17.0 Å². The van der Waals surface area contributed by atoms with Gasteiger partial charge in [0.2, 0.25) is 11.8 Å². The number of primary amides is 1. The van der Waals surface area contributed by atoms with Crippen LogP contribution in [0, 0.1) is 0 Å². The number of nitrogens with zero attached hydrogens (tertiary/aromatic N) is 5. The Bertz CT molecular complexity index is 1540. The molecule has 2 aromatic heterocycles. The van der Waals surface area contributed by atoms with E-state index >= 15 is 0 Å². The van der Waals surface area contributed by atoms with E-state index < -0.39 is 5.91 Å².